The van der Waals surface area contributed by atoms with E-state index < -0.39 is 6.10 Å². The number of aliphatic hydroxyl groups is 1. The molecular weight excluding hydrogens is 304 g/mol. The lowest BCUT2D eigenvalue weighted by molar-refractivity contribution is 0.149. The lowest BCUT2D eigenvalue weighted by Gasteiger charge is -2.13. The van der Waals surface area contributed by atoms with Gasteiger partial charge in [0.2, 0.25) is 0 Å². The van der Waals surface area contributed by atoms with Crippen molar-refractivity contribution in [3.63, 3.8) is 0 Å². The minimum Gasteiger partial charge on any atom is -0.467 e. The van der Waals surface area contributed by atoms with Gasteiger partial charge in [0.15, 0.2) is 0 Å². The summed E-state index contributed by atoms with van der Waals surface area (Å²) in [6, 6.07) is 20.4. The molecule has 1 atom stereocenters. The maximum Gasteiger partial charge on any atom is 0.319 e. The van der Waals surface area contributed by atoms with Crippen LogP contribution in [0.1, 0.15) is 11.9 Å². The quantitative estimate of drug-likeness (QED) is 0.669. The predicted octanol–water partition coefficient (Wildman–Crippen LogP) is 3.80. The molecule has 2 aromatic carbocycles. The Hall–Kier alpha value is -3.05. The van der Waals surface area contributed by atoms with E-state index in [1.807, 2.05) is 54.6 Å². The number of para-hydroxylation sites is 1. The van der Waals surface area contributed by atoms with Crippen molar-refractivity contribution >= 4 is 11.7 Å². The smallest absolute Gasteiger partial charge is 0.319 e. The third-order valence-corrected chi connectivity index (χ3v) is 3.59. The zero-order valence-corrected chi connectivity index (χ0v) is 13.0. The summed E-state index contributed by atoms with van der Waals surface area (Å²) < 4.78 is 5.10. The number of rotatable bonds is 5. The van der Waals surface area contributed by atoms with Gasteiger partial charge in [0.1, 0.15) is 11.9 Å². The normalized spacial score (nSPS) is 11.7. The molecule has 0 spiro atoms. The topological polar surface area (TPSA) is 74.5 Å². The summed E-state index contributed by atoms with van der Waals surface area (Å²) in [5.41, 5.74) is 2.65. The average Bonchev–Trinajstić information content (AvgIpc) is 3.16. The van der Waals surface area contributed by atoms with Crippen LogP contribution in [0.5, 0.6) is 0 Å². The Morgan fingerprint density at radius 3 is 2.50 bits per heavy atom. The van der Waals surface area contributed by atoms with Gasteiger partial charge >= 0.3 is 6.03 Å². The van der Waals surface area contributed by atoms with Crippen LogP contribution in [-0.4, -0.2) is 17.7 Å². The number of nitrogens with one attached hydrogen (secondary N) is 2. The highest BCUT2D eigenvalue weighted by molar-refractivity contribution is 5.94. The average molecular weight is 322 g/mol. The first-order valence-electron chi connectivity index (χ1n) is 7.65. The first-order valence-corrected chi connectivity index (χ1v) is 7.65. The molecular formula is C19H18N2O3. The summed E-state index contributed by atoms with van der Waals surface area (Å²) >= 11 is 0. The molecule has 1 unspecified atom stereocenters. The fourth-order valence-electron chi connectivity index (χ4n) is 2.40. The molecule has 0 saturated carbocycles. The molecule has 0 bridgehead atoms. The molecule has 0 saturated heterocycles. The Kier molecular flexibility index (Phi) is 4.93. The van der Waals surface area contributed by atoms with Crippen molar-refractivity contribution in [2.24, 2.45) is 0 Å². The number of carbonyl (C=O) groups excluding carboxylic acids is 1. The fraction of sp³-hybridized carbons (Fsp3) is 0.105. The van der Waals surface area contributed by atoms with Gasteiger partial charge < -0.3 is 20.2 Å². The van der Waals surface area contributed by atoms with E-state index in [2.05, 4.69) is 10.6 Å². The van der Waals surface area contributed by atoms with E-state index in [-0.39, 0.29) is 12.6 Å². The molecule has 0 aliphatic heterocycles. The van der Waals surface area contributed by atoms with E-state index in [0.29, 0.717) is 11.4 Å². The third-order valence-electron chi connectivity index (χ3n) is 3.59. The van der Waals surface area contributed by atoms with Crippen LogP contribution < -0.4 is 10.6 Å². The largest absolute Gasteiger partial charge is 0.467 e. The number of amides is 2. The van der Waals surface area contributed by atoms with E-state index in [9.17, 15) is 9.90 Å². The van der Waals surface area contributed by atoms with Crippen LogP contribution in [0.4, 0.5) is 10.5 Å². The van der Waals surface area contributed by atoms with Crippen LogP contribution >= 0.6 is 0 Å². The Balaban J connectivity index is 1.65. The van der Waals surface area contributed by atoms with Crippen molar-refractivity contribution in [1.82, 2.24) is 5.32 Å². The van der Waals surface area contributed by atoms with Crippen LogP contribution in [-0.2, 0) is 0 Å². The minimum atomic E-state index is -0.880. The molecule has 1 heterocycles. The Morgan fingerprint density at radius 2 is 1.75 bits per heavy atom. The van der Waals surface area contributed by atoms with Crippen molar-refractivity contribution in [3.8, 4) is 11.1 Å². The van der Waals surface area contributed by atoms with Gasteiger partial charge in [0, 0.05) is 5.56 Å². The number of aliphatic hydroxyl groups excluding tert-OH is 1. The molecule has 3 rings (SSSR count). The first-order chi connectivity index (χ1) is 11.7. The number of furan rings is 1. The molecule has 3 N–H and O–H groups in total. The maximum absolute atomic E-state index is 12.1. The fourth-order valence-corrected chi connectivity index (χ4v) is 2.40. The van der Waals surface area contributed by atoms with Crippen LogP contribution in [0.3, 0.4) is 0 Å². The highest BCUT2D eigenvalue weighted by Crippen LogP contribution is 2.27. The van der Waals surface area contributed by atoms with Gasteiger partial charge in [-0.2, -0.15) is 0 Å². The van der Waals surface area contributed by atoms with Gasteiger partial charge in [-0.25, -0.2) is 4.79 Å². The molecule has 0 aliphatic carbocycles. The van der Waals surface area contributed by atoms with Gasteiger partial charge in [-0.15, -0.1) is 0 Å². The monoisotopic (exact) mass is 322 g/mol. The zero-order chi connectivity index (χ0) is 16.8. The van der Waals surface area contributed by atoms with Gasteiger partial charge in [-0.05, 0) is 23.8 Å². The van der Waals surface area contributed by atoms with Crippen molar-refractivity contribution in [1.29, 1.82) is 0 Å². The Bertz CT molecular complexity index is 785. The van der Waals surface area contributed by atoms with Crippen molar-refractivity contribution in [2.45, 2.75) is 6.10 Å². The molecule has 5 heteroatoms. The Labute approximate surface area is 139 Å². The highest BCUT2D eigenvalue weighted by atomic mass is 16.4. The summed E-state index contributed by atoms with van der Waals surface area (Å²) in [7, 11) is 0. The van der Waals surface area contributed by atoms with Gasteiger partial charge in [0.05, 0.1) is 18.5 Å². The summed E-state index contributed by atoms with van der Waals surface area (Å²) in [6.45, 7) is 0.0624. The second-order valence-corrected chi connectivity index (χ2v) is 5.28. The molecule has 0 radical (unpaired) electrons. The van der Waals surface area contributed by atoms with Gasteiger partial charge in [-0.1, -0.05) is 48.5 Å². The molecule has 1 aromatic heterocycles. The van der Waals surface area contributed by atoms with Gasteiger partial charge in [0.25, 0.3) is 0 Å². The van der Waals surface area contributed by atoms with Crippen LogP contribution in [0.15, 0.2) is 77.4 Å². The van der Waals surface area contributed by atoms with E-state index in [4.69, 9.17) is 4.42 Å². The number of hydrogen-bond donors (Lipinski definition) is 3. The number of anilines is 1. The van der Waals surface area contributed by atoms with Crippen molar-refractivity contribution < 1.29 is 14.3 Å². The van der Waals surface area contributed by atoms with Crippen LogP contribution in [0.2, 0.25) is 0 Å². The zero-order valence-electron chi connectivity index (χ0n) is 13.0. The first kappa shape index (κ1) is 15.8. The highest BCUT2D eigenvalue weighted by Gasteiger charge is 2.13. The third kappa shape index (κ3) is 3.83. The maximum atomic E-state index is 12.1. The van der Waals surface area contributed by atoms with Crippen LogP contribution in [0.25, 0.3) is 11.1 Å². The van der Waals surface area contributed by atoms with E-state index in [1.165, 1.54) is 6.26 Å². The van der Waals surface area contributed by atoms with Gasteiger partial charge in [-0.3, -0.25) is 0 Å². The van der Waals surface area contributed by atoms with Crippen molar-refractivity contribution in [3.05, 3.63) is 78.8 Å². The number of carbonyl (C=O) groups is 1. The molecule has 24 heavy (non-hydrogen) atoms. The second kappa shape index (κ2) is 7.48. The Morgan fingerprint density at radius 1 is 1.00 bits per heavy atom. The summed E-state index contributed by atoms with van der Waals surface area (Å²) in [4.78, 5) is 12.1. The van der Waals surface area contributed by atoms with Crippen LogP contribution in [0, 0.1) is 0 Å². The van der Waals surface area contributed by atoms with E-state index in [1.54, 1.807) is 12.1 Å². The molecule has 3 aromatic rings. The van der Waals surface area contributed by atoms with E-state index in [0.717, 1.165) is 11.1 Å². The number of urea groups is 1. The van der Waals surface area contributed by atoms with E-state index >= 15 is 0 Å². The molecule has 0 fully saturated rings. The number of benzene rings is 2. The SMILES string of the molecule is O=C(NCC(O)c1ccco1)Nc1ccccc1-c1ccccc1. The second-order valence-electron chi connectivity index (χ2n) is 5.28. The molecule has 2 amide bonds. The van der Waals surface area contributed by atoms with Crippen molar-refractivity contribution in [2.75, 3.05) is 11.9 Å². The predicted molar refractivity (Wildman–Crippen MR) is 92.6 cm³/mol. The molecule has 0 aliphatic rings. The summed E-state index contributed by atoms with van der Waals surface area (Å²) in [5, 5.41) is 15.4. The molecule has 5 nitrogen and oxygen atoms in total. The summed E-state index contributed by atoms with van der Waals surface area (Å²) in [5.74, 6) is 0.417. The standard InChI is InChI=1S/C19H18N2O3/c22-17(18-11-6-12-24-18)13-20-19(23)21-16-10-5-4-9-15(16)14-7-2-1-3-8-14/h1-12,17,22H,13H2,(H2,20,21,23). The molecule has 122 valence electrons. The number of hydrogen-bond acceptors (Lipinski definition) is 3. The lowest BCUT2D eigenvalue weighted by atomic mass is 10.0. The summed E-state index contributed by atoms with van der Waals surface area (Å²) in [6.07, 6.45) is 0.601. The lowest BCUT2D eigenvalue weighted by Crippen LogP contribution is -2.32. The minimum absolute atomic E-state index is 0.0624.